The third kappa shape index (κ3) is 1.71. The van der Waals surface area contributed by atoms with Crippen LogP contribution >= 0.6 is 11.6 Å². The summed E-state index contributed by atoms with van der Waals surface area (Å²) in [6.45, 7) is 4.66. The van der Waals surface area contributed by atoms with Gasteiger partial charge in [-0.2, -0.15) is 13.2 Å². The maximum absolute atomic E-state index is 12.2. The second kappa shape index (κ2) is 3.39. The third-order valence-corrected chi connectivity index (χ3v) is 4.02. The Morgan fingerprint density at radius 2 is 1.81 bits per heavy atom. The number of carboxylic acid groups (broad SMARTS) is 1. The van der Waals surface area contributed by atoms with Crippen LogP contribution in [0.5, 0.6) is 0 Å². The number of hydrogen-bond donors (Lipinski definition) is 1. The molecule has 0 bridgehead atoms. The topological polar surface area (TPSA) is 37.3 Å². The van der Waals surface area contributed by atoms with Gasteiger partial charge in [0.25, 0.3) is 0 Å². The van der Waals surface area contributed by atoms with E-state index in [2.05, 4.69) is 0 Å². The van der Waals surface area contributed by atoms with Crippen LogP contribution in [0.3, 0.4) is 0 Å². The van der Waals surface area contributed by atoms with Crippen molar-refractivity contribution in [3.05, 3.63) is 11.1 Å². The van der Waals surface area contributed by atoms with Gasteiger partial charge in [0, 0.05) is 5.92 Å². The lowest BCUT2D eigenvalue weighted by molar-refractivity contribution is -0.144. The normalized spacial score (nSPS) is 33.7. The molecule has 6 heteroatoms. The minimum atomic E-state index is -4.61. The van der Waals surface area contributed by atoms with Crippen molar-refractivity contribution in [1.82, 2.24) is 0 Å². The number of carbonyl (C=O) groups is 1. The SMILES string of the molecule is CC1(C)C(C=C(Cl)C(F)(F)F)C1(C)C(=O)O. The summed E-state index contributed by atoms with van der Waals surface area (Å²) in [7, 11) is 0. The van der Waals surface area contributed by atoms with Crippen molar-refractivity contribution in [2.45, 2.75) is 26.9 Å². The van der Waals surface area contributed by atoms with Crippen LogP contribution in [-0.4, -0.2) is 17.3 Å². The molecule has 92 valence electrons. The smallest absolute Gasteiger partial charge is 0.426 e. The van der Waals surface area contributed by atoms with E-state index in [0.29, 0.717) is 0 Å². The summed E-state index contributed by atoms with van der Waals surface area (Å²) in [6, 6.07) is 0. The number of carboxylic acids is 1. The summed E-state index contributed by atoms with van der Waals surface area (Å²) in [6.07, 6.45) is -3.81. The molecule has 0 aromatic heterocycles. The maximum Gasteiger partial charge on any atom is 0.426 e. The molecule has 1 N–H and O–H groups in total. The molecule has 1 aliphatic rings. The van der Waals surface area contributed by atoms with E-state index in [1.165, 1.54) is 6.92 Å². The lowest BCUT2D eigenvalue weighted by Crippen LogP contribution is -2.17. The van der Waals surface area contributed by atoms with Crippen LogP contribution in [0.25, 0.3) is 0 Å². The fourth-order valence-electron chi connectivity index (χ4n) is 2.05. The first-order chi connectivity index (χ1) is 6.95. The summed E-state index contributed by atoms with van der Waals surface area (Å²) < 4.78 is 36.6. The van der Waals surface area contributed by atoms with E-state index in [-0.39, 0.29) is 0 Å². The van der Waals surface area contributed by atoms with Crippen molar-refractivity contribution < 1.29 is 23.1 Å². The number of rotatable bonds is 2. The van der Waals surface area contributed by atoms with E-state index >= 15 is 0 Å². The summed E-state index contributed by atoms with van der Waals surface area (Å²) in [5.41, 5.74) is -1.90. The fraction of sp³-hybridized carbons (Fsp3) is 0.700. The second-order valence-electron chi connectivity index (χ2n) is 4.72. The van der Waals surface area contributed by atoms with Gasteiger partial charge in [0.05, 0.1) is 5.41 Å². The molecule has 0 spiro atoms. The molecule has 0 heterocycles. The van der Waals surface area contributed by atoms with Crippen LogP contribution < -0.4 is 0 Å². The molecule has 2 atom stereocenters. The van der Waals surface area contributed by atoms with Crippen LogP contribution in [-0.2, 0) is 4.79 Å². The van der Waals surface area contributed by atoms with Gasteiger partial charge in [-0.15, -0.1) is 0 Å². The molecule has 1 fully saturated rings. The fourth-order valence-corrected chi connectivity index (χ4v) is 2.18. The Kier molecular flexibility index (Phi) is 2.83. The Morgan fingerprint density at radius 1 is 1.38 bits per heavy atom. The Bertz CT molecular complexity index is 360. The first-order valence-corrected chi connectivity index (χ1v) is 5.01. The standard InChI is InChI=1S/C10H12ClF3O2/c1-8(2)5(9(8,3)7(15)16)4-6(11)10(12,13)14/h4-5H,1-3H3,(H,15,16). The van der Waals surface area contributed by atoms with E-state index in [1.54, 1.807) is 13.8 Å². The molecule has 0 aromatic rings. The van der Waals surface area contributed by atoms with Crippen LogP contribution in [0.4, 0.5) is 13.2 Å². The lowest BCUT2D eigenvalue weighted by Gasteiger charge is -2.06. The van der Waals surface area contributed by atoms with Gasteiger partial charge in [-0.3, -0.25) is 4.79 Å². The zero-order valence-corrected chi connectivity index (χ0v) is 9.78. The second-order valence-corrected chi connectivity index (χ2v) is 5.13. The highest BCUT2D eigenvalue weighted by Gasteiger charge is 2.72. The average Bonchev–Trinajstić information content (AvgIpc) is 2.49. The van der Waals surface area contributed by atoms with Crippen LogP contribution in [0.2, 0.25) is 0 Å². The predicted molar refractivity (Wildman–Crippen MR) is 53.0 cm³/mol. The summed E-state index contributed by atoms with van der Waals surface area (Å²) in [5.74, 6) is -1.81. The van der Waals surface area contributed by atoms with Gasteiger partial charge in [0.2, 0.25) is 0 Å². The van der Waals surface area contributed by atoms with Gasteiger partial charge >= 0.3 is 12.1 Å². The number of aliphatic carboxylic acids is 1. The minimum absolute atomic E-state index is 0.702. The van der Waals surface area contributed by atoms with Crippen LogP contribution in [0.15, 0.2) is 11.1 Å². The van der Waals surface area contributed by atoms with E-state index in [9.17, 15) is 18.0 Å². The van der Waals surface area contributed by atoms with E-state index in [0.717, 1.165) is 6.08 Å². The van der Waals surface area contributed by atoms with Gasteiger partial charge in [0.1, 0.15) is 5.03 Å². The average molecular weight is 257 g/mol. The van der Waals surface area contributed by atoms with E-state index in [4.69, 9.17) is 16.7 Å². The van der Waals surface area contributed by atoms with Crippen LogP contribution in [0.1, 0.15) is 20.8 Å². The zero-order valence-electron chi connectivity index (χ0n) is 9.02. The number of halogens is 4. The first kappa shape index (κ1) is 13.4. The number of alkyl halides is 3. The zero-order chi connectivity index (χ0) is 12.9. The highest BCUT2D eigenvalue weighted by atomic mass is 35.5. The van der Waals surface area contributed by atoms with Gasteiger partial charge in [-0.25, -0.2) is 0 Å². The maximum atomic E-state index is 12.2. The molecule has 1 aliphatic carbocycles. The molecule has 0 aliphatic heterocycles. The van der Waals surface area contributed by atoms with Gasteiger partial charge < -0.3 is 5.11 Å². The molecule has 2 unspecified atom stereocenters. The van der Waals surface area contributed by atoms with Gasteiger partial charge in [-0.05, 0) is 12.3 Å². The van der Waals surface area contributed by atoms with Crippen molar-refractivity contribution in [2.75, 3.05) is 0 Å². The summed E-state index contributed by atoms with van der Waals surface area (Å²) >= 11 is 5.09. The molecule has 0 radical (unpaired) electrons. The van der Waals surface area contributed by atoms with Gasteiger partial charge in [0.15, 0.2) is 0 Å². The molecule has 1 saturated carbocycles. The van der Waals surface area contributed by atoms with Crippen molar-refractivity contribution in [2.24, 2.45) is 16.7 Å². The van der Waals surface area contributed by atoms with E-state index in [1.807, 2.05) is 0 Å². The number of hydrogen-bond acceptors (Lipinski definition) is 1. The lowest BCUT2D eigenvalue weighted by atomic mass is 9.99. The molecule has 1 rings (SSSR count). The highest BCUT2D eigenvalue weighted by molar-refractivity contribution is 6.30. The summed E-state index contributed by atoms with van der Waals surface area (Å²) in [5, 5.41) is 7.73. The molecule has 2 nitrogen and oxygen atoms in total. The minimum Gasteiger partial charge on any atom is -0.481 e. The van der Waals surface area contributed by atoms with Gasteiger partial charge in [-0.1, -0.05) is 31.5 Å². The predicted octanol–water partition coefficient (Wildman–Crippen LogP) is 3.42. The third-order valence-electron chi connectivity index (χ3n) is 3.68. The monoisotopic (exact) mass is 256 g/mol. The Morgan fingerprint density at radius 3 is 2.06 bits per heavy atom. The van der Waals surface area contributed by atoms with Crippen LogP contribution in [0, 0.1) is 16.7 Å². The molecule has 0 saturated heterocycles. The Balaban J connectivity index is 3.00. The van der Waals surface area contributed by atoms with Crippen molar-refractivity contribution in [3.63, 3.8) is 0 Å². The molecule has 16 heavy (non-hydrogen) atoms. The van der Waals surface area contributed by atoms with Crippen molar-refractivity contribution in [3.8, 4) is 0 Å². The molecule has 0 aromatic carbocycles. The highest BCUT2D eigenvalue weighted by Crippen LogP contribution is 2.69. The molecule has 0 amide bonds. The van der Waals surface area contributed by atoms with Crippen molar-refractivity contribution in [1.29, 1.82) is 0 Å². The van der Waals surface area contributed by atoms with E-state index < -0.39 is 33.9 Å². The molecular weight excluding hydrogens is 245 g/mol. The Labute approximate surface area is 96.1 Å². The quantitative estimate of drug-likeness (QED) is 0.822. The molecular formula is C10H12ClF3O2. The van der Waals surface area contributed by atoms with Crippen molar-refractivity contribution >= 4 is 17.6 Å². The summed E-state index contributed by atoms with van der Waals surface area (Å²) in [4.78, 5) is 11.0. The number of allylic oxidation sites excluding steroid dienone is 2. The Hall–Kier alpha value is -0.710. The largest absolute Gasteiger partial charge is 0.481 e. The first-order valence-electron chi connectivity index (χ1n) is 4.63.